The number of benzene rings is 1. The Balaban J connectivity index is 1.98. The molecule has 1 aromatic carbocycles. The molecule has 0 bridgehead atoms. The van der Waals surface area contributed by atoms with Crippen molar-refractivity contribution in [3.63, 3.8) is 0 Å². The van der Waals surface area contributed by atoms with Gasteiger partial charge in [0.25, 0.3) is 0 Å². The van der Waals surface area contributed by atoms with Gasteiger partial charge in [0.05, 0.1) is 37.6 Å². The van der Waals surface area contributed by atoms with E-state index in [0.717, 1.165) is 6.07 Å². The minimum Gasteiger partial charge on any atom is -0.482 e. The molecule has 0 spiro atoms. The summed E-state index contributed by atoms with van der Waals surface area (Å²) in [5.74, 6) is -0.527. The highest BCUT2D eigenvalue weighted by molar-refractivity contribution is 5.91. The van der Waals surface area contributed by atoms with Crippen LogP contribution in [0.3, 0.4) is 0 Å². The SMILES string of the molecule is COC(=O)c1cc(F)ccc1C(C)Oc1cc(-c2c(CN(C)C(=O)OC(C)(C)C)nn(C)c2OC)cnc1N. The summed E-state index contributed by atoms with van der Waals surface area (Å²) in [6.07, 6.45) is 0.320. The zero-order valence-corrected chi connectivity index (χ0v) is 23.4. The van der Waals surface area contributed by atoms with Gasteiger partial charge in [-0.05, 0) is 45.9 Å². The van der Waals surface area contributed by atoms with E-state index < -0.39 is 29.6 Å². The number of aromatic nitrogens is 3. The molecule has 0 aliphatic heterocycles. The van der Waals surface area contributed by atoms with E-state index in [4.69, 9.17) is 24.7 Å². The first-order valence-corrected chi connectivity index (χ1v) is 12.1. The predicted octanol–water partition coefficient (Wildman–Crippen LogP) is 4.51. The molecule has 11 nitrogen and oxygen atoms in total. The molecule has 39 heavy (non-hydrogen) atoms. The van der Waals surface area contributed by atoms with Crippen molar-refractivity contribution in [2.75, 3.05) is 27.0 Å². The summed E-state index contributed by atoms with van der Waals surface area (Å²) < 4.78 is 37.3. The molecule has 3 rings (SSSR count). The molecule has 2 heterocycles. The number of amides is 1. The fraction of sp³-hybridized carbons (Fsp3) is 0.407. The Hall–Kier alpha value is -4.35. The zero-order chi connectivity index (χ0) is 29.1. The first kappa shape index (κ1) is 29.2. The fourth-order valence-corrected chi connectivity index (χ4v) is 3.94. The molecule has 0 aliphatic rings. The lowest BCUT2D eigenvalue weighted by molar-refractivity contribution is 0.0283. The van der Waals surface area contributed by atoms with E-state index in [1.807, 2.05) is 0 Å². The number of hydrogen-bond donors (Lipinski definition) is 1. The van der Waals surface area contributed by atoms with Crippen molar-refractivity contribution in [2.24, 2.45) is 7.05 Å². The van der Waals surface area contributed by atoms with E-state index in [-0.39, 0.29) is 23.7 Å². The minimum atomic E-state index is -0.715. The largest absolute Gasteiger partial charge is 0.482 e. The Morgan fingerprint density at radius 2 is 1.90 bits per heavy atom. The third-order valence-corrected chi connectivity index (χ3v) is 5.69. The molecule has 210 valence electrons. The van der Waals surface area contributed by atoms with Crippen LogP contribution in [0.15, 0.2) is 30.5 Å². The molecular weight excluding hydrogens is 509 g/mol. The molecule has 12 heteroatoms. The summed E-state index contributed by atoms with van der Waals surface area (Å²) >= 11 is 0. The average Bonchev–Trinajstić information content (AvgIpc) is 3.17. The molecule has 1 unspecified atom stereocenters. The number of halogens is 1. The van der Waals surface area contributed by atoms with Gasteiger partial charge < -0.3 is 29.6 Å². The van der Waals surface area contributed by atoms with Gasteiger partial charge in [0.2, 0.25) is 5.88 Å². The number of hydrogen-bond acceptors (Lipinski definition) is 9. The van der Waals surface area contributed by atoms with Gasteiger partial charge in [-0.15, -0.1) is 0 Å². The molecular formula is C27H34FN5O6. The third kappa shape index (κ3) is 6.75. The zero-order valence-electron chi connectivity index (χ0n) is 23.4. The summed E-state index contributed by atoms with van der Waals surface area (Å²) in [5.41, 5.74) is 7.59. The summed E-state index contributed by atoms with van der Waals surface area (Å²) in [6, 6.07) is 5.44. The second kappa shape index (κ2) is 11.6. The van der Waals surface area contributed by atoms with Crippen LogP contribution in [0, 0.1) is 5.82 Å². The Bertz CT molecular complexity index is 1370. The quantitative estimate of drug-likeness (QED) is 0.408. The molecule has 2 aromatic heterocycles. The number of nitrogens with zero attached hydrogens (tertiary/aromatic N) is 4. The summed E-state index contributed by atoms with van der Waals surface area (Å²) in [5, 5.41) is 4.54. The highest BCUT2D eigenvalue weighted by atomic mass is 19.1. The Kier molecular flexibility index (Phi) is 8.68. The Morgan fingerprint density at radius 1 is 1.21 bits per heavy atom. The van der Waals surface area contributed by atoms with Crippen molar-refractivity contribution in [3.05, 3.63) is 53.1 Å². The van der Waals surface area contributed by atoms with Crippen molar-refractivity contribution in [1.29, 1.82) is 0 Å². The number of nitrogen functional groups attached to an aromatic ring is 1. The van der Waals surface area contributed by atoms with Crippen LogP contribution in [0.4, 0.5) is 15.0 Å². The number of carbonyl (C=O) groups excluding carboxylic acids is 2. The first-order valence-electron chi connectivity index (χ1n) is 12.1. The van der Waals surface area contributed by atoms with Gasteiger partial charge in [0, 0.05) is 31.4 Å². The molecule has 3 aromatic rings. The van der Waals surface area contributed by atoms with Crippen LogP contribution in [-0.4, -0.2) is 58.6 Å². The average molecular weight is 544 g/mol. The van der Waals surface area contributed by atoms with Crippen molar-refractivity contribution >= 4 is 17.9 Å². The number of nitrogens with two attached hydrogens (primary N) is 1. The number of methoxy groups -OCH3 is 2. The number of rotatable bonds is 8. The normalized spacial score (nSPS) is 12.0. The molecule has 0 saturated heterocycles. The van der Waals surface area contributed by atoms with Crippen molar-refractivity contribution < 1.29 is 32.9 Å². The maximum absolute atomic E-state index is 13.8. The maximum Gasteiger partial charge on any atom is 0.410 e. The smallest absolute Gasteiger partial charge is 0.410 e. The Morgan fingerprint density at radius 3 is 2.51 bits per heavy atom. The topological polar surface area (TPSA) is 131 Å². The predicted molar refractivity (Wildman–Crippen MR) is 142 cm³/mol. The van der Waals surface area contributed by atoms with Crippen LogP contribution in [0.1, 0.15) is 55.4 Å². The van der Waals surface area contributed by atoms with Crippen molar-refractivity contribution in [1.82, 2.24) is 19.7 Å². The van der Waals surface area contributed by atoms with Gasteiger partial charge in [0.1, 0.15) is 17.5 Å². The van der Waals surface area contributed by atoms with Gasteiger partial charge in [0.15, 0.2) is 11.6 Å². The highest BCUT2D eigenvalue weighted by Crippen LogP contribution is 2.38. The van der Waals surface area contributed by atoms with Crippen LogP contribution < -0.4 is 15.2 Å². The van der Waals surface area contributed by atoms with Gasteiger partial charge in [-0.1, -0.05) is 6.07 Å². The lowest BCUT2D eigenvalue weighted by atomic mass is 10.0. The van der Waals surface area contributed by atoms with Crippen molar-refractivity contribution in [3.8, 4) is 22.8 Å². The van der Waals surface area contributed by atoms with Crippen LogP contribution in [-0.2, 0) is 23.1 Å². The molecule has 0 radical (unpaired) electrons. The van der Waals surface area contributed by atoms with E-state index >= 15 is 0 Å². The number of anilines is 1. The van der Waals surface area contributed by atoms with Gasteiger partial charge in [-0.3, -0.25) is 0 Å². The van der Waals surface area contributed by atoms with E-state index in [1.165, 1.54) is 31.3 Å². The fourth-order valence-electron chi connectivity index (χ4n) is 3.94. The van der Waals surface area contributed by atoms with E-state index in [9.17, 15) is 14.0 Å². The van der Waals surface area contributed by atoms with Gasteiger partial charge in [-0.2, -0.15) is 5.10 Å². The molecule has 0 fully saturated rings. The minimum absolute atomic E-state index is 0.0362. The molecule has 0 aliphatic carbocycles. The number of carbonyl (C=O) groups is 2. The van der Waals surface area contributed by atoms with Crippen LogP contribution >= 0.6 is 0 Å². The number of aryl methyl sites for hydroxylation is 1. The maximum atomic E-state index is 13.8. The summed E-state index contributed by atoms with van der Waals surface area (Å²) in [4.78, 5) is 30.5. The van der Waals surface area contributed by atoms with Gasteiger partial charge >= 0.3 is 12.1 Å². The summed E-state index contributed by atoms with van der Waals surface area (Å²) in [6.45, 7) is 7.18. The lowest BCUT2D eigenvalue weighted by Crippen LogP contribution is -2.34. The summed E-state index contributed by atoms with van der Waals surface area (Å²) in [7, 11) is 6.05. The van der Waals surface area contributed by atoms with Crippen LogP contribution in [0.5, 0.6) is 11.6 Å². The van der Waals surface area contributed by atoms with Crippen LogP contribution in [0.25, 0.3) is 11.1 Å². The molecule has 1 amide bonds. The van der Waals surface area contributed by atoms with Crippen LogP contribution in [0.2, 0.25) is 0 Å². The van der Waals surface area contributed by atoms with E-state index in [0.29, 0.717) is 28.3 Å². The van der Waals surface area contributed by atoms with E-state index in [2.05, 4.69) is 10.1 Å². The molecule has 2 N–H and O–H groups in total. The lowest BCUT2D eigenvalue weighted by Gasteiger charge is -2.24. The van der Waals surface area contributed by atoms with Gasteiger partial charge in [-0.25, -0.2) is 23.6 Å². The monoisotopic (exact) mass is 543 g/mol. The first-order chi connectivity index (χ1) is 18.2. The molecule has 0 saturated carbocycles. The number of esters is 1. The second-order valence-electron chi connectivity index (χ2n) is 9.88. The van der Waals surface area contributed by atoms with Crippen molar-refractivity contribution in [2.45, 2.75) is 45.9 Å². The highest BCUT2D eigenvalue weighted by Gasteiger charge is 2.26. The third-order valence-electron chi connectivity index (χ3n) is 5.69. The number of pyridine rings is 1. The van der Waals surface area contributed by atoms with E-state index in [1.54, 1.807) is 58.7 Å². The standard InChI is InChI=1S/C27H34FN5O6/c1-15(18-10-9-17(28)12-19(18)25(34)37-8)38-21-11-16(13-30-23(21)29)22-20(31-33(6)24(22)36-7)14-32(5)26(35)39-27(2,3)4/h9-13,15H,14H2,1-8H3,(H2,29,30). The number of ether oxygens (including phenoxy) is 4. The second-order valence-corrected chi connectivity index (χ2v) is 9.88. The Labute approximate surface area is 226 Å². The molecule has 1 atom stereocenters.